The summed E-state index contributed by atoms with van der Waals surface area (Å²) in [7, 11) is 0. The van der Waals surface area contributed by atoms with Crippen LogP contribution in [0.25, 0.3) is 0 Å². The maximum Gasteiger partial charge on any atom is 0.310 e. The highest BCUT2D eigenvalue weighted by atomic mass is 16.6. The molecule has 0 aliphatic heterocycles. The van der Waals surface area contributed by atoms with Gasteiger partial charge in [0.25, 0.3) is 5.91 Å². The van der Waals surface area contributed by atoms with E-state index in [9.17, 15) is 14.9 Å². The van der Waals surface area contributed by atoms with E-state index in [2.05, 4.69) is 10.6 Å². The average molecular weight is 377 g/mol. The second-order valence-corrected chi connectivity index (χ2v) is 6.04. The van der Waals surface area contributed by atoms with Gasteiger partial charge in [0.1, 0.15) is 0 Å². The van der Waals surface area contributed by atoms with Gasteiger partial charge in [0.05, 0.1) is 4.92 Å². The van der Waals surface area contributed by atoms with Crippen molar-refractivity contribution in [3.63, 3.8) is 0 Å². The number of rotatable bonds is 7. The molecule has 1 amide bonds. The van der Waals surface area contributed by atoms with Crippen molar-refractivity contribution in [3.05, 3.63) is 89.0 Å². The van der Waals surface area contributed by atoms with Crippen LogP contribution in [-0.2, 0) is 4.79 Å². The minimum Gasteiger partial charge on any atom is -0.474 e. The smallest absolute Gasteiger partial charge is 0.310 e. The van der Waals surface area contributed by atoms with E-state index < -0.39 is 16.9 Å². The molecule has 28 heavy (non-hydrogen) atoms. The summed E-state index contributed by atoms with van der Waals surface area (Å²) in [4.78, 5) is 22.9. The predicted octanol–water partition coefficient (Wildman–Crippen LogP) is 4.74. The number of carbonyl (C=O) groups is 1. The highest BCUT2D eigenvalue weighted by Gasteiger charge is 2.20. The van der Waals surface area contributed by atoms with Gasteiger partial charge in [-0.05, 0) is 49.4 Å². The molecule has 3 aromatic carbocycles. The lowest BCUT2D eigenvalue weighted by atomic mass is 10.2. The first-order chi connectivity index (χ1) is 13.5. The monoisotopic (exact) mass is 377 g/mol. The van der Waals surface area contributed by atoms with Crippen molar-refractivity contribution in [3.8, 4) is 5.75 Å². The van der Waals surface area contributed by atoms with Gasteiger partial charge in [-0.25, -0.2) is 0 Å². The number of nitrogens with zero attached hydrogens (tertiary/aromatic N) is 1. The first-order valence-corrected chi connectivity index (χ1v) is 8.66. The van der Waals surface area contributed by atoms with E-state index in [0.717, 1.165) is 11.4 Å². The van der Waals surface area contributed by atoms with Gasteiger partial charge >= 0.3 is 5.69 Å². The van der Waals surface area contributed by atoms with Crippen molar-refractivity contribution >= 4 is 28.7 Å². The molecule has 0 aliphatic carbocycles. The molecule has 7 heteroatoms. The van der Waals surface area contributed by atoms with Crippen LogP contribution in [-0.4, -0.2) is 16.9 Å². The summed E-state index contributed by atoms with van der Waals surface area (Å²) in [5.41, 5.74) is 2.26. The SMILES string of the molecule is CC(Oc1ccccc1[N+](=O)[O-])C(=O)Nc1ccc(Nc2ccccc2)cc1. The van der Waals surface area contributed by atoms with Crippen LogP contribution in [0.4, 0.5) is 22.7 Å². The maximum absolute atomic E-state index is 12.4. The van der Waals surface area contributed by atoms with Crippen LogP contribution >= 0.6 is 0 Å². The number of para-hydroxylation sites is 3. The number of carbonyl (C=O) groups excluding carboxylic acids is 1. The second kappa shape index (κ2) is 8.68. The molecule has 0 aromatic heterocycles. The summed E-state index contributed by atoms with van der Waals surface area (Å²) in [5, 5.41) is 17.0. The van der Waals surface area contributed by atoms with Gasteiger partial charge in [-0.15, -0.1) is 0 Å². The molecule has 7 nitrogen and oxygen atoms in total. The molecule has 3 rings (SSSR count). The molecule has 0 aliphatic rings. The molecule has 1 unspecified atom stereocenters. The van der Waals surface area contributed by atoms with E-state index in [4.69, 9.17) is 4.74 Å². The topological polar surface area (TPSA) is 93.5 Å². The molecule has 0 spiro atoms. The van der Waals surface area contributed by atoms with E-state index in [1.807, 2.05) is 42.5 Å². The molecule has 2 N–H and O–H groups in total. The van der Waals surface area contributed by atoms with Crippen LogP contribution in [0.15, 0.2) is 78.9 Å². The standard InChI is InChI=1S/C21H19N3O4/c1-15(28-20-10-6-5-9-19(20)24(26)27)21(25)23-18-13-11-17(12-14-18)22-16-7-3-2-4-8-16/h2-15,22H,1H3,(H,23,25). The average Bonchev–Trinajstić information content (AvgIpc) is 2.70. The molecule has 0 bridgehead atoms. The van der Waals surface area contributed by atoms with Crippen LogP contribution in [0.2, 0.25) is 0 Å². The largest absolute Gasteiger partial charge is 0.474 e. The molecule has 0 radical (unpaired) electrons. The van der Waals surface area contributed by atoms with Gasteiger partial charge in [0, 0.05) is 23.1 Å². The van der Waals surface area contributed by atoms with Gasteiger partial charge in [0.15, 0.2) is 11.9 Å². The van der Waals surface area contributed by atoms with Crippen molar-refractivity contribution in [2.75, 3.05) is 10.6 Å². The Balaban J connectivity index is 1.60. The van der Waals surface area contributed by atoms with E-state index in [1.54, 1.807) is 24.3 Å². The third-order valence-electron chi connectivity index (χ3n) is 3.95. The number of hydrogen-bond donors (Lipinski definition) is 2. The quantitative estimate of drug-likeness (QED) is 0.458. The van der Waals surface area contributed by atoms with Crippen LogP contribution < -0.4 is 15.4 Å². The zero-order valence-corrected chi connectivity index (χ0v) is 15.2. The molecule has 142 valence electrons. The zero-order valence-electron chi connectivity index (χ0n) is 15.2. The molecule has 0 fully saturated rings. The lowest BCUT2D eigenvalue weighted by Gasteiger charge is -2.15. The Morgan fingerprint density at radius 3 is 2.14 bits per heavy atom. The molecular weight excluding hydrogens is 358 g/mol. The fourth-order valence-electron chi connectivity index (χ4n) is 2.52. The lowest BCUT2D eigenvalue weighted by Crippen LogP contribution is -2.30. The van der Waals surface area contributed by atoms with Gasteiger partial charge in [-0.3, -0.25) is 14.9 Å². The van der Waals surface area contributed by atoms with Gasteiger partial charge in [-0.1, -0.05) is 30.3 Å². The Labute approximate surface area is 162 Å². The summed E-state index contributed by atoms with van der Waals surface area (Å²) in [6.07, 6.45) is -0.900. The van der Waals surface area contributed by atoms with Crippen LogP contribution in [0.3, 0.4) is 0 Å². The summed E-state index contributed by atoms with van der Waals surface area (Å²) in [5.74, 6) is -0.348. The summed E-state index contributed by atoms with van der Waals surface area (Å²) in [6, 6.07) is 22.9. The Bertz CT molecular complexity index is 959. The number of amides is 1. The minimum atomic E-state index is -0.900. The number of nitro groups is 1. The number of hydrogen-bond acceptors (Lipinski definition) is 5. The molecule has 3 aromatic rings. The Morgan fingerprint density at radius 2 is 1.46 bits per heavy atom. The van der Waals surface area contributed by atoms with Crippen molar-refractivity contribution < 1.29 is 14.5 Å². The molecule has 0 heterocycles. The number of nitrogens with one attached hydrogen (secondary N) is 2. The third kappa shape index (κ3) is 4.85. The van der Waals surface area contributed by atoms with E-state index in [1.165, 1.54) is 19.1 Å². The number of anilines is 3. The second-order valence-electron chi connectivity index (χ2n) is 6.04. The van der Waals surface area contributed by atoms with Crippen molar-refractivity contribution in [1.82, 2.24) is 0 Å². The first kappa shape index (κ1) is 18.9. The molecule has 1 atom stereocenters. The van der Waals surface area contributed by atoms with Crippen molar-refractivity contribution in [1.29, 1.82) is 0 Å². The summed E-state index contributed by atoms with van der Waals surface area (Å²) < 4.78 is 5.48. The van der Waals surface area contributed by atoms with E-state index in [-0.39, 0.29) is 11.4 Å². The Hall–Kier alpha value is -3.87. The number of benzene rings is 3. The highest BCUT2D eigenvalue weighted by molar-refractivity contribution is 5.94. The summed E-state index contributed by atoms with van der Waals surface area (Å²) >= 11 is 0. The van der Waals surface area contributed by atoms with E-state index in [0.29, 0.717) is 5.69 Å². The Morgan fingerprint density at radius 1 is 0.893 bits per heavy atom. The third-order valence-corrected chi connectivity index (χ3v) is 3.95. The fourth-order valence-corrected chi connectivity index (χ4v) is 2.52. The molecule has 0 saturated carbocycles. The first-order valence-electron chi connectivity index (χ1n) is 8.66. The van der Waals surface area contributed by atoms with Gasteiger partial charge < -0.3 is 15.4 Å². The number of ether oxygens (including phenoxy) is 1. The van der Waals surface area contributed by atoms with Gasteiger partial charge in [-0.2, -0.15) is 0 Å². The zero-order chi connectivity index (χ0) is 19.9. The van der Waals surface area contributed by atoms with Crippen molar-refractivity contribution in [2.24, 2.45) is 0 Å². The highest BCUT2D eigenvalue weighted by Crippen LogP contribution is 2.27. The van der Waals surface area contributed by atoms with Gasteiger partial charge in [0.2, 0.25) is 0 Å². The van der Waals surface area contributed by atoms with Crippen LogP contribution in [0.5, 0.6) is 5.75 Å². The van der Waals surface area contributed by atoms with Crippen molar-refractivity contribution in [2.45, 2.75) is 13.0 Å². The normalized spacial score (nSPS) is 11.3. The van der Waals surface area contributed by atoms with E-state index >= 15 is 0 Å². The van der Waals surface area contributed by atoms with Crippen LogP contribution in [0, 0.1) is 10.1 Å². The summed E-state index contributed by atoms with van der Waals surface area (Å²) in [6.45, 7) is 1.54. The molecular formula is C21H19N3O4. The predicted molar refractivity (Wildman–Crippen MR) is 108 cm³/mol. The minimum absolute atomic E-state index is 0.0533. The Kier molecular flexibility index (Phi) is 5.86. The maximum atomic E-state index is 12.4. The van der Waals surface area contributed by atoms with Crippen LogP contribution in [0.1, 0.15) is 6.92 Å². The number of nitro benzene ring substituents is 1. The lowest BCUT2D eigenvalue weighted by molar-refractivity contribution is -0.386. The fraction of sp³-hybridized carbons (Fsp3) is 0.0952. The molecule has 0 saturated heterocycles.